The van der Waals surface area contributed by atoms with Gasteiger partial charge in [0.05, 0.1) is 4.92 Å². The first kappa shape index (κ1) is 19.9. The molecule has 0 bridgehead atoms. The van der Waals surface area contributed by atoms with E-state index in [2.05, 4.69) is 20.1 Å². The van der Waals surface area contributed by atoms with Gasteiger partial charge in [-0.3, -0.25) is 15.2 Å². The Labute approximate surface area is 166 Å². The standard InChI is InChI=1S/C18H21N5O4S/c1-2-16-19-18(21-20-16)28-15(17(24)25)11-12-10-13(23(26)27)6-7-14(12)22-8-4-3-5-9-22/h6-7,10-11H,2-5,8-9H2,1H3,(H,24,25)(H,19,20,21)/b15-11+. The number of nitrogens with zero attached hydrogens (tertiary/aromatic N) is 4. The molecule has 2 heterocycles. The van der Waals surface area contributed by atoms with Crippen molar-refractivity contribution in [3.05, 3.63) is 44.6 Å². The van der Waals surface area contributed by atoms with Gasteiger partial charge in [0.1, 0.15) is 10.7 Å². The highest BCUT2D eigenvalue weighted by Gasteiger charge is 2.20. The van der Waals surface area contributed by atoms with Crippen LogP contribution in [0.4, 0.5) is 11.4 Å². The molecule has 10 heteroatoms. The molecule has 0 radical (unpaired) electrons. The van der Waals surface area contributed by atoms with Gasteiger partial charge in [0, 0.05) is 42.9 Å². The number of carbonyl (C=O) groups is 1. The summed E-state index contributed by atoms with van der Waals surface area (Å²) in [7, 11) is 0. The van der Waals surface area contributed by atoms with Crippen LogP contribution < -0.4 is 4.90 Å². The summed E-state index contributed by atoms with van der Waals surface area (Å²) in [5, 5.41) is 27.9. The Bertz CT molecular complexity index is 905. The number of nitro benzene ring substituents is 1. The maximum atomic E-state index is 11.8. The van der Waals surface area contributed by atoms with E-state index in [1.165, 1.54) is 18.2 Å². The minimum atomic E-state index is -1.14. The van der Waals surface area contributed by atoms with Gasteiger partial charge in [0.25, 0.3) is 5.69 Å². The maximum Gasteiger partial charge on any atom is 0.342 e. The summed E-state index contributed by atoms with van der Waals surface area (Å²) in [6.07, 6.45) is 5.35. The van der Waals surface area contributed by atoms with Crippen molar-refractivity contribution in [2.75, 3.05) is 18.0 Å². The number of thioether (sulfide) groups is 1. The van der Waals surface area contributed by atoms with E-state index in [1.807, 2.05) is 6.92 Å². The second-order valence-electron chi connectivity index (χ2n) is 6.38. The Morgan fingerprint density at radius 3 is 2.75 bits per heavy atom. The number of aromatic nitrogens is 3. The molecule has 1 aliphatic rings. The minimum absolute atomic E-state index is 0.000380. The number of aliphatic carboxylic acids is 1. The van der Waals surface area contributed by atoms with E-state index in [-0.39, 0.29) is 10.6 Å². The highest BCUT2D eigenvalue weighted by Crippen LogP contribution is 2.33. The first-order valence-corrected chi connectivity index (χ1v) is 9.87. The molecule has 1 aromatic heterocycles. The largest absolute Gasteiger partial charge is 0.477 e. The molecule has 3 rings (SSSR count). The quantitative estimate of drug-likeness (QED) is 0.311. The Balaban J connectivity index is 1.99. The molecule has 0 atom stereocenters. The lowest BCUT2D eigenvalue weighted by molar-refractivity contribution is -0.384. The van der Waals surface area contributed by atoms with Crippen molar-refractivity contribution in [1.29, 1.82) is 0 Å². The number of non-ortho nitro benzene ring substituents is 1. The van der Waals surface area contributed by atoms with Crippen molar-refractivity contribution in [3.8, 4) is 0 Å². The zero-order valence-corrected chi connectivity index (χ0v) is 16.2. The molecule has 28 heavy (non-hydrogen) atoms. The lowest BCUT2D eigenvalue weighted by Crippen LogP contribution is -2.29. The normalized spacial score (nSPS) is 14.9. The fourth-order valence-electron chi connectivity index (χ4n) is 3.05. The van der Waals surface area contributed by atoms with Gasteiger partial charge in [-0.1, -0.05) is 6.92 Å². The number of carboxylic acid groups (broad SMARTS) is 1. The van der Waals surface area contributed by atoms with Crippen LogP contribution in [0.5, 0.6) is 0 Å². The second-order valence-corrected chi connectivity index (χ2v) is 7.39. The first-order chi connectivity index (χ1) is 13.5. The van der Waals surface area contributed by atoms with Crippen LogP contribution in [0.2, 0.25) is 0 Å². The molecular weight excluding hydrogens is 382 g/mol. The van der Waals surface area contributed by atoms with Gasteiger partial charge in [-0.25, -0.2) is 9.78 Å². The third kappa shape index (κ3) is 4.69. The number of anilines is 1. The molecule has 2 aromatic rings. The highest BCUT2D eigenvalue weighted by molar-refractivity contribution is 8.04. The average Bonchev–Trinajstić information content (AvgIpc) is 3.15. The van der Waals surface area contributed by atoms with Crippen molar-refractivity contribution in [1.82, 2.24) is 15.2 Å². The van der Waals surface area contributed by atoms with E-state index in [0.717, 1.165) is 49.8 Å². The fraction of sp³-hybridized carbons (Fsp3) is 0.389. The monoisotopic (exact) mass is 403 g/mol. The van der Waals surface area contributed by atoms with Crippen molar-refractivity contribution in [3.63, 3.8) is 0 Å². The number of aryl methyl sites for hydroxylation is 1. The van der Waals surface area contributed by atoms with Crippen LogP contribution >= 0.6 is 11.8 Å². The predicted octanol–water partition coefficient (Wildman–Crippen LogP) is 3.48. The molecular formula is C18H21N5O4S. The van der Waals surface area contributed by atoms with Gasteiger partial charge in [0.2, 0.25) is 5.16 Å². The van der Waals surface area contributed by atoms with E-state index in [9.17, 15) is 20.0 Å². The van der Waals surface area contributed by atoms with Gasteiger partial charge in [-0.05, 0) is 43.2 Å². The van der Waals surface area contributed by atoms with Gasteiger partial charge in [0.15, 0.2) is 0 Å². The van der Waals surface area contributed by atoms with Crippen molar-refractivity contribution >= 4 is 35.2 Å². The third-order valence-corrected chi connectivity index (χ3v) is 5.34. The second kappa shape index (κ2) is 8.87. The van der Waals surface area contributed by atoms with Gasteiger partial charge >= 0.3 is 5.97 Å². The Morgan fingerprint density at radius 2 is 2.14 bits per heavy atom. The molecule has 0 unspecified atom stereocenters. The van der Waals surface area contributed by atoms with E-state index < -0.39 is 10.9 Å². The predicted molar refractivity (Wildman–Crippen MR) is 106 cm³/mol. The van der Waals surface area contributed by atoms with Crippen LogP contribution in [0.3, 0.4) is 0 Å². The SMILES string of the molecule is CCc1nc(S/C(=C/c2cc([N+](=O)[O-])ccc2N2CCCCC2)C(=O)O)n[nH]1. The molecule has 9 nitrogen and oxygen atoms in total. The number of nitrogens with one attached hydrogen (secondary N) is 1. The molecule has 148 valence electrons. The Hall–Kier alpha value is -2.88. The minimum Gasteiger partial charge on any atom is -0.477 e. The first-order valence-electron chi connectivity index (χ1n) is 9.05. The van der Waals surface area contributed by atoms with Crippen LogP contribution in [-0.4, -0.2) is 44.3 Å². The van der Waals surface area contributed by atoms with E-state index >= 15 is 0 Å². The van der Waals surface area contributed by atoms with Crippen LogP contribution in [0.15, 0.2) is 28.3 Å². The van der Waals surface area contributed by atoms with Crippen LogP contribution in [-0.2, 0) is 11.2 Å². The zero-order valence-electron chi connectivity index (χ0n) is 15.4. The smallest absolute Gasteiger partial charge is 0.342 e. The van der Waals surface area contributed by atoms with Crippen molar-refractivity contribution in [2.24, 2.45) is 0 Å². The average molecular weight is 403 g/mol. The van der Waals surface area contributed by atoms with Crippen LogP contribution in [0, 0.1) is 10.1 Å². The number of rotatable bonds is 7. The molecule has 1 fully saturated rings. The summed E-state index contributed by atoms with van der Waals surface area (Å²) >= 11 is 0.917. The highest BCUT2D eigenvalue weighted by atomic mass is 32.2. The molecule has 1 aromatic carbocycles. The molecule has 0 aliphatic carbocycles. The summed E-state index contributed by atoms with van der Waals surface area (Å²) in [5.41, 5.74) is 1.23. The molecule has 1 aliphatic heterocycles. The lowest BCUT2D eigenvalue weighted by atomic mass is 10.1. The van der Waals surface area contributed by atoms with E-state index in [4.69, 9.17) is 0 Å². The maximum absolute atomic E-state index is 11.8. The van der Waals surface area contributed by atoms with E-state index in [0.29, 0.717) is 23.0 Å². The zero-order chi connectivity index (χ0) is 20.1. The van der Waals surface area contributed by atoms with Crippen molar-refractivity contribution < 1.29 is 14.8 Å². The molecule has 0 spiro atoms. The molecule has 0 amide bonds. The number of piperidine rings is 1. The lowest BCUT2D eigenvalue weighted by Gasteiger charge is -2.30. The third-order valence-electron chi connectivity index (χ3n) is 4.46. The molecule has 2 N–H and O–H groups in total. The molecule has 0 saturated carbocycles. The van der Waals surface area contributed by atoms with E-state index in [1.54, 1.807) is 6.07 Å². The number of H-pyrrole nitrogens is 1. The van der Waals surface area contributed by atoms with Gasteiger partial charge in [-0.15, -0.1) is 5.10 Å². The Kier molecular flexibility index (Phi) is 6.30. The van der Waals surface area contributed by atoms with Crippen LogP contribution in [0.25, 0.3) is 6.08 Å². The van der Waals surface area contributed by atoms with Crippen molar-refractivity contribution in [2.45, 2.75) is 37.8 Å². The number of carboxylic acids is 1. The summed E-state index contributed by atoms with van der Waals surface area (Å²) in [6.45, 7) is 3.60. The number of hydrogen-bond donors (Lipinski definition) is 2. The summed E-state index contributed by atoms with van der Waals surface area (Å²) < 4.78 is 0. The van der Waals surface area contributed by atoms with Crippen LogP contribution in [0.1, 0.15) is 37.6 Å². The number of nitro groups is 1. The summed E-state index contributed by atoms with van der Waals surface area (Å²) in [6, 6.07) is 4.57. The van der Waals surface area contributed by atoms with Gasteiger partial charge < -0.3 is 10.0 Å². The summed E-state index contributed by atoms with van der Waals surface area (Å²) in [4.78, 5) is 28.9. The topological polar surface area (TPSA) is 125 Å². The van der Waals surface area contributed by atoms with Gasteiger partial charge in [-0.2, -0.15) is 0 Å². The molecule has 1 saturated heterocycles. The Morgan fingerprint density at radius 1 is 1.39 bits per heavy atom. The number of hydrogen-bond acceptors (Lipinski definition) is 7. The number of benzene rings is 1. The number of aromatic amines is 1. The fourth-order valence-corrected chi connectivity index (χ4v) is 3.77. The summed E-state index contributed by atoms with van der Waals surface area (Å²) in [5.74, 6) is -0.472.